The number of methoxy groups -OCH3 is 1. The highest BCUT2D eigenvalue weighted by molar-refractivity contribution is 5.97. The molecular formula is C9H11FN2O3. The summed E-state index contributed by atoms with van der Waals surface area (Å²) in [5, 5.41) is 11.2. The first-order valence-corrected chi connectivity index (χ1v) is 4.08. The standard InChI is InChI=1S/C9H11FN2O3/c1-14-5-15-8-4-6(9(11)12-13)2-3-7(8)10/h2-4,13H,5H2,1H3,(H2,11,12). The average molecular weight is 214 g/mol. The number of benzene rings is 1. The number of hydrogen-bond acceptors (Lipinski definition) is 4. The normalized spacial score (nSPS) is 11.5. The zero-order chi connectivity index (χ0) is 11.3. The zero-order valence-electron chi connectivity index (χ0n) is 8.11. The van der Waals surface area contributed by atoms with Gasteiger partial charge in [-0.15, -0.1) is 0 Å². The highest BCUT2D eigenvalue weighted by Crippen LogP contribution is 2.18. The van der Waals surface area contributed by atoms with Crippen LogP contribution in [0.3, 0.4) is 0 Å². The van der Waals surface area contributed by atoms with Gasteiger partial charge in [0.15, 0.2) is 24.2 Å². The smallest absolute Gasteiger partial charge is 0.188 e. The number of hydrogen-bond donors (Lipinski definition) is 2. The molecular weight excluding hydrogens is 203 g/mol. The van der Waals surface area contributed by atoms with Gasteiger partial charge >= 0.3 is 0 Å². The molecule has 82 valence electrons. The Labute approximate surface area is 85.9 Å². The molecule has 0 aliphatic heterocycles. The van der Waals surface area contributed by atoms with Gasteiger partial charge in [0.1, 0.15) is 0 Å². The van der Waals surface area contributed by atoms with Gasteiger partial charge in [-0.25, -0.2) is 4.39 Å². The number of ether oxygens (including phenoxy) is 2. The van der Waals surface area contributed by atoms with Crippen molar-refractivity contribution in [1.29, 1.82) is 0 Å². The highest BCUT2D eigenvalue weighted by Gasteiger charge is 2.07. The van der Waals surface area contributed by atoms with Crippen molar-refractivity contribution in [2.45, 2.75) is 0 Å². The minimum Gasteiger partial charge on any atom is -0.464 e. The summed E-state index contributed by atoms with van der Waals surface area (Å²) in [6, 6.07) is 3.87. The summed E-state index contributed by atoms with van der Waals surface area (Å²) >= 11 is 0. The first-order valence-electron chi connectivity index (χ1n) is 4.08. The number of oxime groups is 1. The van der Waals surface area contributed by atoms with Gasteiger partial charge in [0.05, 0.1) is 0 Å². The van der Waals surface area contributed by atoms with Gasteiger partial charge in [-0.05, 0) is 18.2 Å². The maximum atomic E-state index is 13.1. The fourth-order valence-electron chi connectivity index (χ4n) is 0.953. The van der Waals surface area contributed by atoms with Gasteiger partial charge in [0.2, 0.25) is 0 Å². The van der Waals surface area contributed by atoms with Crippen LogP contribution >= 0.6 is 0 Å². The molecule has 0 bridgehead atoms. The molecule has 6 heteroatoms. The molecule has 1 rings (SSSR count). The van der Waals surface area contributed by atoms with Crippen molar-refractivity contribution in [2.24, 2.45) is 10.9 Å². The zero-order valence-corrected chi connectivity index (χ0v) is 8.11. The molecule has 1 aromatic rings. The van der Waals surface area contributed by atoms with Crippen molar-refractivity contribution >= 4 is 5.84 Å². The fourth-order valence-corrected chi connectivity index (χ4v) is 0.953. The van der Waals surface area contributed by atoms with Crippen LogP contribution in [0.25, 0.3) is 0 Å². The van der Waals surface area contributed by atoms with E-state index < -0.39 is 5.82 Å². The molecule has 3 N–H and O–H groups in total. The van der Waals surface area contributed by atoms with E-state index in [-0.39, 0.29) is 18.4 Å². The molecule has 0 heterocycles. The molecule has 15 heavy (non-hydrogen) atoms. The van der Waals surface area contributed by atoms with E-state index in [2.05, 4.69) is 9.89 Å². The minimum absolute atomic E-state index is 0.0130. The van der Waals surface area contributed by atoms with Crippen LogP contribution in [0.1, 0.15) is 5.56 Å². The Balaban J connectivity index is 2.94. The van der Waals surface area contributed by atoms with Gasteiger partial charge in [-0.2, -0.15) is 0 Å². The van der Waals surface area contributed by atoms with Crippen LogP contribution in [0.4, 0.5) is 4.39 Å². The Morgan fingerprint density at radius 3 is 2.93 bits per heavy atom. The van der Waals surface area contributed by atoms with Gasteiger partial charge < -0.3 is 20.4 Å². The van der Waals surface area contributed by atoms with Crippen LogP contribution in [0.2, 0.25) is 0 Å². The molecule has 0 amide bonds. The maximum absolute atomic E-state index is 13.1. The molecule has 0 atom stereocenters. The largest absolute Gasteiger partial charge is 0.464 e. The number of halogens is 1. The summed E-state index contributed by atoms with van der Waals surface area (Å²) < 4.78 is 22.7. The molecule has 0 fully saturated rings. The van der Waals surface area contributed by atoms with E-state index in [1.54, 1.807) is 0 Å². The third-order valence-electron chi connectivity index (χ3n) is 1.67. The van der Waals surface area contributed by atoms with Crippen LogP contribution in [-0.2, 0) is 4.74 Å². The third kappa shape index (κ3) is 2.81. The summed E-state index contributed by atoms with van der Waals surface area (Å²) in [6.45, 7) is -0.0729. The average Bonchev–Trinajstić information content (AvgIpc) is 2.27. The SMILES string of the molecule is COCOc1cc(/C(N)=N/O)ccc1F. The second kappa shape index (κ2) is 5.16. The van der Waals surface area contributed by atoms with Crippen molar-refractivity contribution in [3.63, 3.8) is 0 Å². The van der Waals surface area contributed by atoms with E-state index in [1.165, 1.54) is 25.3 Å². The Kier molecular flexibility index (Phi) is 3.87. The van der Waals surface area contributed by atoms with E-state index in [4.69, 9.17) is 15.7 Å². The first-order chi connectivity index (χ1) is 7.19. The lowest BCUT2D eigenvalue weighted by atomic mass is 10.2. The molecule has 0 aliphatic rings. The quantitative estimate of drug-likeness (QED) is 0.257. The lowest BCUT2D eigenvalue weighted by Gasteiger charge is -2.07. The summed E-state index contributed by atoms with van der Waals surface area (Å²) in [4.78, 5) is 0. The predicted molar refractivity (Wildman–Crippen MR) is 51.4 cm³/mol. The topological polar surface area (TPSA) is 77.1 Å². The van der Waals surface area contributed by atoms with E-state index in [1.807, 2.05) is 0 Å². The van der Waals surface area contributed by atoms with Crippen LogP contribution in [-0.4, -0.2) is 24.9 Å². The molecule has 0 saturated heterocycles. The number of nitrogens with zero attached hydrogens (tertiary/aromatic N) is 1. The molecule has 5 nitrogen and oxygen atoms in total. The lowest BCUT2D eigenvalue weighted by molar-refractivity contribution is 0.0483. The lowest BCUT2D eigenvalue weighted by Crippen LogP contribution is -2.13. The van der Waals surface area contributed by atoms with E-state index >= 15 is 0 Å². The number of nitrogens with two attached hydrogens (primary N) is 1. The Morgan fingerprint density at radius 1 is 1.60 bits per heavy atom. The fraction of sp³-hybridized carbons (Fsp3) is 0.222. The molecule has 0 aliphatic carbocycles. The Morgan fingerprint density at radius 2 is 2.33 bits per heavy atom. The van der Waals surface area contributed by atoms with Gasteiger partial charge in [-0.3, -0.25) is 0 Å². The van der Waals surface area contributed by atoms with Crippen LogP contribution in [0.15, 0.2) is 23.4 Å². The molecule has 0 saturated carbocycles. The monoisotopic (exact) mass is 214 g/mol. The summed E-state index contributed by atoms with van der Waals surface area (Å²) in [7, 11) is 1.42. The van der Waals surface area contributed by atoms with Crippen molar-refractivity contribution in [3.05, 3.63) is 29.6 Å². The van der Waals surface area contributed by atoms with E-state index in [9.17, 15) is 4.39 Å². The second-order valence-corrected chi connectivity index (χ2v) is 2.68. The van der Waals surface area contributed by atoms with Gasteiger partial charge in [0, 0.05) is 12.7 Å². The van der Waals surface area contributed by atoms with Gasteiger partial charge in [-0.1, -0.05) is 5.16 Å². The Hall–Kier alpha value is -1.82. The molecule has 1 aromatic carbocycles. The van der Waals surface area contributed by atoms with Gasteiger partial charge in [0.25, 0.3) is 0 Å². The third-order valence-corrected chi connectivity index (χ3v) is 1.67. The van der Waals surface area contributed by atoms with Crippen molar-refractivity contribution < 1.29 is 19.1 Å². The van der Waals surface area contributed by atoms with Crippen molar-refractivity contribution in [3.8, 4) is 5.75 Å². The molecule has 0 radical (unpaired) electrons. The minimum atomic E-state index is -0.540. The van der Waals surface area contributed by atoms with Crippen LogP contribution in [0.5, 0.6) is 5.75 Å². The summed E-state index contributed by atoms with van der Waals surface area (Å²) in [5.74, 6) is -0.667. The first kappa shape index (κ1) is 11.3. The molecule has 0 aromatic heterocycles. The number of amidine groups is 1. The summed E-state index contributed by atoms with van der Waals surface area (Å²) in [5.41, 5.74) is 5.70. The van der Waals surface area contributed by atoms with Crippen molar-refractivity contribution in [1.82, 2.24) is 0 Å². The summed E-state index contributed by atoms with van der Waals surface area (Å²) in [6.07, 6.45) is 0. The molecule has 0 unspecified atom stereocenters. The van der Waals surface area contributed by atoms with E-state index in [0.717, 1.165) is 0 Å². The maximum Gasteiger partial charge on any atom is 0.188 e. The second-order valence-electron chi connectivity index (χ2n) is 2.68. The Bertz CT molecular complexity index is 368. The van der Waals surface area contributed by atoms with Crippen LogP contribution < -0.4 is 10.5 Å². The predicted octanol–water partition coefficient (Wildman–Crippen LogP) is 0.903. The molecule has 0 spiro atoms. The van der Waals surface area contributed by atoms with Crippen molar-refractivity contribution in [2.75, 3.05) is 13.9 Å². The van der Waals surface area contributed by atoms with Crippen LogP contribution in [0, 0.1) is 5.82 Å². The highest BCUT2D eigenvalue weighted by atomic mass is 19.1. The number of rotatable bonds is 4. The van der Waals surface area contributed by atoms with E-state index in [0.29, 0.717) is 5.56 Å².